The number of rotatable bonds is 12. The molecular weight excluding hydrogens is 472 g/mol. The molecule has 3 aromatic carbocycles. The Labute approximate surface area is 216 Å². The van der Waals surface area contributed by atoms with E-state index in [9.17, 15) is 4.79 Å². The quantitative estimate of drug-likeness (QED) is 0.211. The minimum Gasteiger partial charge on any atom is -0.368 e. The number of methoxy groups -OCH3 is 1. The molecule has 0 radical (unpaired) electrons. The Hall–Kier alpha value is -3.49. The van der Waals surface area contributed by atoms with Gasteiger partial charge in [-0.25, -0.2) is 0 Å². The second kappa shape index (κ2) is 13.7. The van der Waals surface area contributed by atoms with Crippen molar-refractivity contribution in [3.8, 4) is 0 Å². The first-order chi connectivity index (χ1) is 18.2. The summed E-state index contributed by atoms with van der Waals surface area (Å²) in [5.74, 6) is -0.572. The van der Waals surface area contributed by atoms with Crippen LogP contribution in [0.3, 0.4) is 0 Å². The Kier molecular flexibility index (Phi) is 9.85. The van der Waals surface area contributed by atoms with Crippen molar-refractivity contribution in [1.82, 2.24) is 0 Å². The maximum atomic E-state index is 12.9. The first-order valence-electron chi connectivity index (χ1n) is 12.1. The second-order valence-electron chi connectivity index (χ2n) is 8.59. The van der Waals surface area contributed by atoms with Crippen LogP contribution in [0.2, 0.25) is 0 Å². The average Bonchev–Trinajstić information content (AvgIpc) is 2.95. The minimum atomic E-state index is -1.14. The van der Waals surface area contributed by atoms with Gasteiger partial charge in [0.25, 0.3) is 5.78 Å². The summed E-state index contributed by atoms with van der Waals surface area (Å²) in [6.45, 7) is 0.749. The first-order valence-corrected chi connectivity index (χ1v) is 12.1. The highest BCUT2D eigenvalue weighted by Crippen LogP contribution is 2.31. The molecule has 192 valence electrons. The third kappa shape index (κ3) is 7.27. The van der Waals surface area contributed by atoms with Crippen molar-refractivity contribution in [1.29, 1.82) is 0 Å². The van der Waals surface area contributed by atoms with Crippen LogP contribution in [-0.4, -0.2) is 54.6 Å². The van der Waals surface area contributed by atoms with Gasteiger partial charge in [0.1, 0.15) is 18.3 Å². The molecule has 3 aromatic rings. The molecule has 8 nitrogen and oxygen atoms in total. The molecule has 0 bridgehead atoms. The van der Waals surface area contributed by atoms with Crippen LogP contribution < -0.4 is 0 Å². The average molecular weight is 503 g/mol. The standard InChI is InChI=1S/C29H30N2O6/c1-33-29-28(36-20-23-15-9-4-10-16-23)27(35-19-22-13-7-3-8-14-22)26(25(37-29)24(32)17-31-30)34-18-21-11-5-2-6-12-21/h2-17,25-29H,18-20H2,1H3/t25-,26-,27+,28-,29+/m1/s1. The number of ether oxygens (including phenoxy) is 5. The molecule has 5 atom stereocenters. The first kappa shape index (κ1) is 26.6. The van der Waals surface area contributed by atoms with Crippen molar-refractivity contribution in [2.75, 3.05) is 7.11 Å². The molecule has 1 heterocycles. The van der Waals surface area contributed by atoms with E-state index in [0.717, 1.165) is 22.9 Å². The molecule has 1 aliphatic heterocycles. The van der Waals surface area contributed by atoms with Gasteiger partial charge in [0.15, 0.2) is 12.4 Å². The van der Waals surface area contributed by atoms with E-state index in [1.54, 1.807) is 0 Å². The Morgan fingerprint density at radius 2 is 1.19 bits per heavy atom. The molecule has 37 heavy (non-hydrogen) atoms. The summed E-state index contributed by atoms with van der Waals surface area (Å²) >= 11 is 0. The fourth-order valence-electron chi connectivity index (χ4n) is 4.21. The van der Waals surface area contributed by atoms with Crippen LogP contribution in [0.5, 0.6) is 0 Å². The van der Waals surface area contributed by atoms with Crippen molar-refractivity contribution in [2.45, 2.75) is 50.5 Å². The van der Waals surface area contributed by atoms with E-state index in [2.05, 4.69) is 4.79 Å². The van der Waals surface area contributed by atoms with Crippen molar-refractivity contribution in [3.63, 3.8) is 0 Å². The Morgan fingerprint density at radius 3 is 1.62 bits per heavy atom. The van der Waals surface area contributed by atoms with Gasteiger partial charge < -0.3 is 29.2 Å². The van der Waals surface area contributed by atoms with Gasteiger partial charge in [-0.15, -0.1) is 0 Å². The van der Waals surface area contributed by atoms with Crippen LogP contribution in [-0.2, 0) is 48.3 Å². The van der Waals surface area contributed by atoms with Gasteiger partial charge in [0.2, 0.25) is 0 Å². The fourth-order valence-corrected chi connectivity index (χ4v) is 4.21. The van der Waals surface area contributed by atoms with Crippen LogP contribution in [0.4, 0.5) is 0 Å². The largest absolute Gasteiger partial charge is 0.368 e. The second-order valence-corrected chi connectivity index (χ2v) is 8.59. The van der Waals surface area contributed by atoms with Crippen molar-refractivity contribution < 1.29 is 33.3 Å². The van der Waals surface area contributed by atoms with Crippen LogP contribution >= 0.6 is 0 Å². The van der Waals surface area contributed by atoms with Gasteiger partial charge in [-0.05, 0) is 16.7 Å². The third-order valence-electron chi connectivity index (χ3n) is 6.05. The molecule has 0 amide bonds. The summed E-state index contributed by atoms with van der Waals surface area (Å²) in [5, 5.41) is 0. The van der Waals surface area contributed by atoms with Crippen molar-refractivity contribution >= 4 is 12.0 Å². The Balaban J connectivity index is 1.64. The smallest absolute Gasteiger partial charge is 0.326 e. The molecule has 4 rings (SSSR count). The summed E-state index contributed by atoms with van der Waals surface area (Å²) < 4.78 is 30.6. The lowest BCUT2D eigenvalue weighted by Crippen LogP contribution is -2.62. The third-order valence-corrected chi connectivity index (χ3v) is 6.05. The number of nitrogens with zero attached hydrogens (tertiary/aromatic N) is 2. The van der Waals surface area contributed by atoms with Crippen molar-refractivity contribution in [2.24, 2.45) is 0 Å². The topological polar surface area (TPSA) is 99.6 Å². The van der Waals surface area contributed by atoms with E-state index < -0.39 is 36.5 Å². The molecule has 1 aliphatic rings. The molecule has 0 aliphatic carbocycles. The van der Waals surface area contributed by atoms with Gasteiger partial charge in [0.05, 0.1) is 19.8 Å². The number of benzene rings is 3. The molecule has 0 spiro atoms. The minimum absolute atomic E-state index is 0.211. The monoisotopic (exact) mass is 502 g/mol. The maximum absolute atomic E-state index is 12.9. The van der Waals surface area contributed by atoms with Crippen LogP contribution in [0.15, 0.2) is 91.0 Å². The molecule has 1 saturated heterocycles. The molecule has 0 saturated carbocycles. The summed E-state index contributed by atoms with van der Waals surface area (Å²) in [4.78, 5) is 15.8. The normalized spacial score (nSPS) is 23.2. The predicted octanol–water partition coefficient (Wildman–Crippen LogP) is 3.98. The number of carbonyl (C=O) groups excluding carboxylic acids is 1. The molecule has 0 unspecified atom stereocenters. The van der Waals surface area contributed by atoms with E-state index >= 15 is 0 Å². The molecular formula is C29H30N2O6. The SMILES string of the molecule is CO[C@H]1O[C@H](C(=O)C=[N+]=[N-])[C@@H](OCc2ccccc2)[C@H](OCc2ccccc2)[C@H]1OCc1ccccc1. The molecule has 0 aromatic heterocycles. The zero-order chi connectivity index (χ0) is 25.9. The van der Waals surface area contributed by atoms with Gasteiger partial charge in [-0.3, -0.25) is 4.79 Å². The number of carbonyl (C=O) groups is 1. The highest BCUT2D eigenvalue weighted by Gasteiger charge is 2.51. The zero-order valence-corrected chi connectivity index (χ0v) is 20.6. The van der Waals surface area contributed by atoms with Gasteiger partial charge in [-0.2, -0.15) is 4.79 Å². The van der Waals surface area contributed by atoms with Gasteiger partial charge in [-0.1, -0.05) is 91.0 Å². The maximum Gasteiger partial charge on any atom is 0.326 e. The molecule has 0 N–H and O–H groups in total. The Bertz CT molecular complexity index is 1150. The van der Waals surface area contributed by atoms with E-state index in [-0.39, 0.29) is 19.8 Å². The summed E-state index contributed by atoms with van der Waals surface area (Å²) in [5.41, 5.74) is 11.9. The number of hydrogen-bond donors (Lipinski definition) is 0. The number of ketones is 1. The predicted molar refractivity (Wildman–Crippen MR) is 135 cm³/mol. The molecule has 1 fully saturated rings. The highest BCUT2D eigenvalue weighted by atomic mass is 16.7. The van der Waals surface area contributed by atoms with Crippen LogP contribution in [0.25, 0.3) is 5.53 Å². The van der Waals surface area contributed by atoms with E-state index in [0.29, 0.717) is 0 Å². The lowest BCUT2D eigenvalue weighted by atomic mass is 9.95. The fraction of sp³-hybridized carbons (Fsp3) is 0.310. The van der Waals surface area contributed by atoms with Gasteiger partial charge in [0, 0.05) is 7.11 Å². The summed E-state index contributed by atoms with van der Waals surface area (Å²) in [7, 11) is 1.48. The van der Waals surface area contributed by atoms with Gasteiger partial charge >= 0.3 is 6.21 Å². The zero-order valence-electron chi connectivity index (χ0n) is 20.6. The highest BCUT2D eigenvalue weighted by molar-refractivity contribution is 6.27. The van der Waals surface area contributed by atoms with E-state index in [1.807, 2.05) is 91.0 Å². The molecule has 8 heteroatoms. The number of hydrogen-bond acceptors (Lipinski definition) is 6. The lowest BCUT2D eigenvalue weighted by molar-refractivity contribution is -0.310. The van der Waals surface area contributed by atoms with E-state index in [1.165, 1.54) is 7.11 Å². The number of Topliss-reactive ketones (excluding diaryl/α,β-unsaturated/α-hetero) is 1. The van der Waals surface area contributed by atoms with E-state index in [4.69, 9.17) is 29.2 Å². The lowest BCUT2D eigenvalue weighted by Gasteiger charge is -2.44. The summed E-state index contributed by atoms with van der Waals surface area (Å²) in [6.07, 6.45) is -3.60. The Morgan fingerprint density at radius 1 is 0.757 bits per heavy atom. The van der Waals surface area contributed by atoms with Crippen LogP contribution in [0.1, 0.15) is 16.7 Å². The van der Waals surface area contributed by atoms with Crippen LogP contribution in [0, 0.1) is 0 Å². The summed E-state index contributed by atoms with van der Waals surface area (Å²) in [6, 6.07) is 29.0. The van der Waals surface area contributed by atoms with Crippen molar-refractivity contribution in [3.05, 3.63) is 113 Å².